The number of para-hydroxylation sites is 1. The monoisotopic (exact) mass is 369 g/mol. The van der Waals surface area contributed by atoms with Crippen LogP contribution in [0.4, 0.5) is 11.5 Å². The van der Waals surface area contributed by atoms with Gasteiger partial charge in [-0.05, 0) is 68.0 Å². The molecule has 28 heavy (non-hydrogen) atoms. The summed E-state index contributed by atoms with van der Waals surface area (Å²) in [7, 11) is 4.04. The lowest BCUT2D eigenvalue weighted by Gasteiger charge is -2.13. The zero-order chi connectivity index (χ0) is 19.3. The van der Waals surface area contributed by atoms with Crippen LogP contribution in [0.2, 0.25) is 0 Å². The SMILES string of the molecule is CN(C)Cc1nc(Nc2ccc(Cc3ccncc3)cc2)c2ccccc2n1. The van der Waals surface area contributed by atoms with Gasteiger partial charge < -0.3 is 10.2 Å². The van der Waals surface area contributed by atoms with Gasteiger partial charge in [-0.1, -0.05) is 24.3 Å². The van der Waals surface area contributed by atoms with Crippen molar-refractivity contribution in [3.63, 3.8) is 0 Å². The third kappa shape index (κ3) is 4.32. The first kappa shape index (κ1) is 18.1. The molecular formula is C23H23N5. The van der Waals surface area contributed by atoms with Gasteiger partial charge in [0.1, 0.15) is 11.6 Å². The van der Waals surface area contributed by atoms with E-state index < -0.39 is 0 Å². The van der Waals surface area contributed by atoms with Crippen molar-refractivity contribution in [2.45, 2.75) is 13.0 Å². The van der Waals surface area contributed by atoms with Crippen LogP contribution in [0.25, 0.3) is 10.9 Å². The zero-order valence-electron chi connectivity index (χ0n) is 16.1. The van der Waals surface area contributed by atoms with Crippen LogP contribution in [-0.2, 0) is 13.0 Å². The van der Waals surface area contributed by atoms with Crippen molar-refractivity contribution >= 4 is 22.4 Å². The van der Waals surface area contributed by atoms with Gasteiger partial charge in [0.2, 0.25) is 0 Å². The van der Waals surface area contributed by atoms with Crippen LogP contribution in [0.15, 0.2) is 73.1 Å². The molecule has 0 bridgehead atoms. The average molecular weight is 369 g/mol. The fourth-order valence-electron chi connectivity index (χ4n) is 3.15. The highest BCUT2D eigenvalue weighted by Crippen LogP contribution is 2.24. The van der Waals surface area contributed by atoms with Crippen molar-refractivity contribution in [2.75, 3.05) is 19.4 Å². The predicted molar refractivity (Wildman–Crippen MR) is 114 cm³/mol. The third-order valence-corrected chi connectivity index (χ3v) is 4.48. The maximum absolute atomic E-state index is 4.76. The van der Waals surface area contributed by atoms with E-state index in [1.54, 1.807) is 0 Å². The van der Waals surface area contributed by atoms with E-state index >= 15 is 0 Å². The quantitative estimate of drug-likeness (QED) is 0.545. The molecule has 4 rings (SSSR count). The van der Waals surface area contributed by atoms with E-state index in [0.29, 0.717) is 6.54 Å². The Bertz CT molecular complexity index is 1060. The molecule has 2 aromatic heterocycles. The Morgan fingerprint density at radius 3 is 2.29 bits per heavy atom. The minimum absolute atomic E-state index is 0.699. The molecule has 0 saturated heterocycles. The lowest BCUT2D eigenvalue weighted by atomic mass is 10.1. The van der Waals surface area contributed by atoms with Gasteiger partial charge in [0, 0.05) is 23.5 Å². The van der Waals surface area contributed by atoms with Crippen LogP contribution in [0.5, 0.6) is 0 Å². The second kappa shape index (κ2) is 8.15. The predicted octanol–water partition coefficient (Wildman–Crippen LogP) is 4.42. The summed E-state index contributed by atoms with van der Waals surface area (Å²) in [5.41, 5.74) is 4.48. The molecule has 0 radical (unpaired) electrons. The third-order valence-electron chi connectivity index (χ3n) is 4.48. The van der Waals surface area contributed by atoms with Crippen molar-refractivity contribution in [3.8, 4) is 0 Å². The summed E-state index contributed by atoms with van der Waals surface area (Å²) >= 11 is 0. The zero-order valence-corrected chi connectivity index (χ0v) is 16.1. The highest BCUT2D eigenvalue weighted by atomic mass is 15.1. The van der Waals surface area contributed by atoms with Gasteiger partial charge in [-0.15, -0.1) is 0 Å². The van der Waals surface area contributed by atoms with E-state index in [-0.39, 0.29) is 0 Å². The normalized spacial score (nSPS) is 11.1. The number of hydrogen-bond acceptors (Lipinski definition) is 5. The van der Waals surface area contributed by atoms with Crippen LogP contribution in [-0.4, -0.2) is 33.9 Å². The number of fused-ring (bicyclic) bond motifs is 1. The highest BCUT2D eigenvalue weighted by Gasteiger charge is 2.09. The molecule has 0 aliphatic heterocycles. The number of nitrogens with zero attached hydrogens (tertiary/aromatic N) is 4. The maximum Gasteiger partial charge on any atom is 0.145 e. The Labute approximate surface area is 165 Å². The Morgan fingerprint density at radius 1 is 0.821 bits per heavy atom. The van der Waals surface area contributed by atoms with Gasteiger partial charge in [-0.2, -0.15) is 0 Å². The Balaban J connectivity index is 1.58. The Kier molecular flexibility index (Phi) is 5.26. The van der Waals surface area contributed by atoms with Crippen molar-refractivity contribution in [1.29, 1.82) is 0 Å². The van der Waals surface area contributed by atoms with Crippen molar-refractivity contribution in [1.82, 2.24) is 19.9 Å². The molecule has 0 aliphatic rings. The van der Waals surface area contributed by atoms with E-state index in [9.17, 15) is 0 Å². The summed E-state index contributed by atoms with van der Waals surface area (Å²) in [6, 6.07) is 20.7. The standard InChI is InChI=1S/C23H23N5/c1-28(2)16-22-26-21-6-4-3-5-20(21)23(27-22)25-19-9-7-17(8-10-19)15-18-11-13-24-14-12-18/h3-14H,15-16H2,1-2H3,(H,25,26,27). The minimum Gasteiger partial charge on any atom is -0.340 e. The van der Waals surface area contributed by atoms with Crippen LogP contribution < -0.4 is 5.32 Å². The highest BCUT2D eigenvalue weighted by molar-refractivity contribution is 5.90. The molecule has 1 N–H and O–H groups in total. The first-order valence-electron chi connectivity index (χ1n) is 9.32. The molecule has 5 heteroatoms. The molecule has 0 saturated carbocycles. The fraction of sp³-hybridized carbons (Fsp3) is 0.174. The number of nitrogens with one attached hydrogen (secondary N) is 1. The number of benzene rings is 2. The van der Waals surface area contributed by atoms with Gasteiger partial charge in [0.25, 0.3) is 0 Å². The second-order valence-corrected chi connectivity index (χ2v) is 7.10. The van der Waals surface area contributed by atoms with E-state index in [1.807, 2.05) is 56.8 Å². The topological polar surface area (TPSA) is 53.9 Å². The largest absolute Gasteiger partial charge is 0.340 e. The number of hydrogen-bond donors (Lipinski definition) is 1. The first-order valence-corrected chi connectivity index (χ1v) is 9.32. The van der Waals surface area contributed by atoms with Crippen LogP contribution >= 0.6 is 0 Å². The number of aromatic nitrogens is 3. The van der Waals surface area contributed by atoms with Gasteiger partial charge in [-0.3, -0.25) is 4.98 Å². The minimum atomic E-state index is 0.699. The molecule has 0 unspecified atom stereocenters. The first-order chi connectivity index (χ1) is 13.7. The molecule has 2 heterocycles. The Hall–Kier alpha value is -3.31. The molecule has 5 nitrogen and oxygen atoms in total. The maximum atomic E-state index is 4.76. The second-order valence-electron chi connectivity index (χ2n) is 7.10. The molecule has 0 aliphatic carbocycles. The van der Waals surface area contributed by atoms with Gasteiger partial charge in [0.05, 0.1) is 12.1 Å². The summed E-state index contributed by atoms with van der Waals surface area (Å²) in [6.45, 7) is 0.699. The molecule has 0 atom stereocenters. The van der Waals surface area contributed by atoms with Gasteiger partial charge in [-0.25, -0.2) is 9.97 Å². The fourth-order valence-corrected chi connectivity index (χ4v) is 3.15. The molecule has 0 amide bonds. The van der Waals surface area contributed by atoms with Crippen LogP contribution in [0, 0.1) is 0 Å². The molecule has 0 spiro atoms. The van der Waals surface area contributed by atoms with Gasteiger partial charge >= 0.3 is 0 Å². The number of pyridine rings is 1. The van der Waals surface area contributed by atoms with E-state index in [4.69, 9.17) is 4.98 Å². The summed E-state index contributed by atoms with van der Waals surface area (Å²) < 4.78 is 0. The molecule has 140 valence electrons. The van der Waals surface area contributed by atoms with Crippen LogP contribution in [0.1, 0.15) is 17.0 Å². The summed E-state index contributed by atoms with van der Waals surface area (Å²) in [5, 5.41) is 4.49. The smallest absolute Gasteiger partial charge is 0.145 e. The summed E-state index contributed by atoms with van der Waals surface area (Å²) in [6.07, 6.45) is 4.56. The summed E-state index contributed by atoms with van der Waals surface area (Å²) in [4.78, 5) is 15.6. The molecular weight excluding hydrogens is 346 g/mol. The lowest BCUT2D eigenvalue weighted by molar-refractivity contribution is 0.391. The Morgan fingerprint density at radius 2 is 1.54 bits per heavy atom. The van der Waals surface area contributed by atoms with Gasteiger partial charge in [0.15, 0.2) is 0 Å². The van der Waals surface area contributed by atoms with E-state index in [2.05, 4.69) is 50.5 Å². The van der Waals surface area contributed by atoms with E-state index in [1.165, 1.54) is 11.1 Å². The summed E-state index contributed by atoms with van der Waals surface area (Å²) in [5.74, 6) is 1.64. The number of rotatable bonds is 6. The van der Waals surface area contributed by atoms with Crippen molar-refractivity contribution < 1.29 is 0 Å². The molecule has 2 aromatic carbocycles. The molecule has 4 aromatic rings. The van der Waals surface area contributed by atoms with E-state index in [0.717, 1.165) is 34.7 Å². The lowest BCUT2D eigenvalue weighted by Crippen LogP contribution is -2.14. The average Bonchev–Trinajstić information content (AvgIpc) is 2.70. The van der Waals surface area contributed by atoms with Crippen molar-refractivity contribution in [2.24, 2.45) is 0 Å². The molecule has 0 fully saturated rings. The van der Waals surface area contributed by atoms with Crippen LogP contribution in [0.3, 0.4) is 0 Å². The number of anilines is 2. The van der Waals surface area contributed by atoms with Crippen molar-refractivity contribution in [3.05, 3.63) is 90.0 Å².